The first-order valence-corrected chi connectivity index (χ1v) is 10.1. The largest absolute Gasteiger partial charge is 0.353 e. The van der Waals surface area contributed by atoms with Gasteiger partial charge in [-0.25, -0.2) is 18.5 Å². The average molecular weight is 371 g/mol. The van der Waals surface area contributed by atoms with Gasteiger partial charge in [-0.15, -0.1) is 0 Å². The van der Waals surface area contributed by atoms with Gasteiger partial charge >= 0.3 is 0 Å². The summed E-state index contributed by atoms with van der Waals surface area (Å²) in [6.07, 6.45) is 0. The van der Waals surface area contributed by atoms with Gasteiger partial charge < -0.3 is 9.88 Å². The lowest BCUT2D eigenvalue weighted by Crippen LogP contribution is -2.36. The molecule has 0 fully saturated rings. The average Bonchev–Trinajstić information content (AvgIpc) is 2.81. The van der Waals surface area contributed by atoms with Crippen LogP contribution in [-0.2, 0) is 21.4 Å². The first-order valence-electron chi connectivity index (χ1n) is 7.63. The van der Waals surface area contributed by atoms with E-state index in [1.165, 1.54) is 23.9 Å². The maximum atomic E-state index is 12.1. The number of thioether (sulfide) groups is 1. The highest BCUT2D eigenvalue weighted by Gasteiger charge is 2.20. The highest BCUT2D eigenvalue weighted by molar-refractivity contribution is 8.00. The van der Waals surface area contributed by atoms with Gasteiger partial charge in [-0.05, 0) is 45.9 Å². The molecule has 0 saturated heterocycles. The number of nitrogens with zero attached hydrogens (tertiary/aromatic N) is 2. The van der Waals surface area contributed by atoms with Crippen molar-refractivity contribution < 1.29 is 13.2 Å². The summed E-state index contributed by atoms with van der Waals surface area (Å²) in [5, 5.41) is 8.40. The van der Waals surface area contributed by atoms with Crippen LogP contribution in [0.25, 0.3) is 11.0 Å². The number of nitrogens with two attached hydrogens (primary N) is 1. The van der Waals surface area contributed by atoms with Crippen LogP contribution in [0.5, 0.6) is 0 Å². The van der Waals surface area contributed by atoms with E-state index in [0.29, 0.717) is 17.2 Å². The van der Waals surface area contributed by atoms with Gasteiger partial charge in [0.15, 0.2) is 5.16 Å². The standard InChI is InChI=1S/C15H22N4O3S2/c1-5-19-13-7-6-11(24(16,21)22)8-12(13)18-15(19)23-10(4)14(20)17-9(2)3/h6-10H,5H2,1-4H3,(H,17,20)(H2,16,21,22). The van der Waals surface area contributed by atoms with E-state index < -0.39 is 10.0 Å². The Balaban J connectivity index is 2.38. The first kappa shape index (κ1) is 18.8. The molecule has 0 aliphatic heterocycles. The summed E-state index contributed by atoms with van der Waals surface area (Å²) >= 11 is 1.34. The molecule has 2 rings (SSSR count). The normalized spacial score (nSPS) is 13.4. The number of amides is 1. The third-order valence-corrected chi connectivity index (χ3v) is 5.41. The Hall–Kier alpha value is -1.58. The summed E-state index contributed by atoms with van der Waals surface area (Å²) in [7, 11) is -3.77. The molecule has 2 aromatic rings. The number of hydrogen-bond acceptors (Lipinski definition) is 5. The van der Waals surface area contributed by atoms with E-state index in [1.807, 2.05) is 32.3 Å². The molecule has 1 unspecified atom stereocenters. The van der Waals surface area contributed by atoms with Crippen molar-refractivity contribution >= 4 is 38.7 Å². The van der Waals surface area contributed by atoms with Crippen LogP contribution in [-0.4, -0.2) is 35.2 Å². The molecule has 0 aliphatic carbocycles. The second kappa shape index (κ2) is 7.12. The summed E-state index contributed by atoms with van der Waals surface area (Å²) in [4.78, 5) is 16.6. The molecule has 0 saturated carbocycles. The SMILES string of the molecule is CCn1c(SC(C)C(=O)NC(C)C)nc2cc(S(N)(=O)=O)ccc21. The number of carbonyl (C=O) groups is 1. The Kier molecular flexibility index (Phi) is 5.56. The highest BCUT2D eigenvalue weighted by Crippen LogP contribution is 2.28. The number of imidazole rings is 1. The van der Waals surface area contributed by atoms with Crippen LogP contribution in [0.1, 0.15) is 27.7 Å². The highest BCUT2D eigenvalue weighted by atomic mass is 32.2. The number of sulfonamides is 1. The Morgan fingerprint density at radius 2 is 2.04 bits per heavy atom. The fraction of sp³-hybridized carbons (Fsp3) is 0.467. The molecular weight excluding hydrogens is 348 g/mol. The molecule has 24 heavy (non-hydrogen) atoms. The Bertz CT molecular complexity index is 859. The number of aryl methyl sites for hydroxylation is 1. The summed E-state index contributed by atoms with van der Waals surface area (Å²) in [6, 6.07) is 4.69. The van der Waals surface area contributed by atoms with Crippen molar-refractivity contribution in [3.05, 3.63) is 18.2 Å². The van der Waals surface area contributed by atoms with E-state index in [4.69, 9.17) is 5.14 Å². The van der Waals surface area contributed by atoms with Gasteiger partial charge in [-0.1, -0.05) is 11.8 Å². The van der Waals surface area contributed by atoms with Gasteiger partial charge in [0.1, 0.15) is 0 Å². The minimum Gasteiger partial charge on any atom is -0.353 e. The lowest BCUT2D eigenvalue weighted by atomic mass is 10.3. The quantitative estimate of drug-likeness (QED) is 0.753. The fourth-order valence-corrected chi connectivity index (χ4v) is 3.80. The zero-order valence-corrected chi connectivity index (χ0v) is 15.7. The van der Waals surface area contributed by atoms with Crippen molar-refractivity contribution in [2.45, 2.75) is 55.6 Å². The minimum atomic E-state index is -3.77. The van der Waals surface area contributed by atoms with Crippen molar-refractivity contribution in [2.24, 2.45) is 5.14 Å². The third-order valence-electron chi connectivity index (χ3n) is 3.41. The molecule has 0 bridgehead atoms. The van der Waals surface area contributed by atoms with E-state index in [1.54, 1.807) is 6.07 Å². The van der Waals surface area contributed by atoms with Crippen molar-refractivity contribution in [2.75, 3.05) is 0 Å². The molecule has 1 amide bonds. The molecule has 0 aliphatic rings. The van der Waals surface area contributed by atoms with Crippen LogP contribution in [0.2, 0.25) is 0 Å². The molecule has 7 nitrogen and oxygen atoms in total. The summed E-state index contributed by atoms with van der Waals surface area (Å²) in [6.45, 7) is 8.26. The molecule has 9 heteroatoms. The van der Waals surface area contributed by atoms with Gasteiger partial charge in [0, 0.05) is 12.6 Å². The summed E-state index contributed by atoms with van der Waals surface area (Å²) in [5.74, 6) is -0.0602. The Labute approximate surface area is 146 Å². The number of hydrogen-bond donors (Lipinski definition) is 2. The van der Waals surface area contributed by atoms with E-state index in [0.717, 1.165) is 5.52 Å². The third kappa shape index (κ3) is 4.08. The van der Waals surface area contributed by atoms with Crippen molar-refractivity contribution in [3.8, 4) is 0 Å². The molecule has 1 heterocycles. The molecule has 1 aromatic carbocycles. The molecule has 1 aromatic heterocycles. The number of rotatable bonds is 6. The minimum absolute atomic E-state index is 0.0258. The number of aromatic nitrogens is 2. The number of primary sulfonamides is 1. The number of carbonyl (C=O) groups excluding carboxylic acids is 1. The maximum Gasteiger partial charge on any atom is 0.238 e. The van der Waals surface area contributed by atoms with Gasteiger partial charge in [-0.3, -0.25) is 4.79 Å². The van der Waals surface area contributed by atoms with Crippen LogP contribution in [0.15, 0.2) is 28.3 Å². The van der Waals surface area contributed by atoms with Gasteiger partial charge in [0.2, 0.25) is 15.9 Å². The smallest absolute Gasteiger partial charge is 0.238 e. The zero-order valence-electron chi connectivity index (χ0n) is 14.1. The second-order valence-corrected chi connectivity index (χ2v) is 8.63. The molecule has 132 valence electrons. The van der Waals surface area contributed by atoms with Crippen molar-refractivity contribution in [3.63, 3.8) is 0 Å². The summed E-state index contributed by atoms with van der Waals surface area (Å²) in [5.41, 5.74) is 1.35. The molecule has 1 atom stereocenters. The van der Waals surface area contributed by atoms with Gasteiger partial charge in [0.05, 0.1) is 21.2 Å². The van der Waals surface area contributed by atoms with Crippen LogP contribution in [0.3, 0.4) is 0 Å². The molecule has 3 N–H and O–H groups in total. The van der Waals surface area contributed by atoms with Crippen LogP contribution in [0.4, 0.5) is 0 Å². The Morgan fingerprint density at radius 3 is 2.58 bits per heavy atom. The lowest BCUT2D eigenvalue weighted by molar-refractivity contribution is -0.120. The van der Waals surface area contributed by atoms with Crippen molar-refractivity contribution in [1.82, 2.24) is 14.9 Å². The predicted octanol–water partition coefficient (Wildman–Crippen LogP) is 1.71. The maximum absolute atomic E-state index is 12.1. The second-order valence-electron chi connectivity index (χ2n) is 5.76. The van der Waals surface area contributed by atoms with E-state index in [9.17, 15) is 13.2 Å². The topological polar surface area (TPSA) is 107 Å². The van der Waals surface area contributed by atoms with E-state index in [-0.39, 0.29) is 22.1 Å². The monoisotopic (exact) mass is 370 g/mol. The van der Waals surface area contributed by atoms with Crippen LogP contribution in [0, 0.1) is 0 Å². The number of benzene rings is 1. The number of fused-ring (bicyclic) bond motifs is 1. The van der Waals surface area contributed by atoms with E-state index in [2.05, 4.69) is 10.3 Å². The summed E-state index contributed by atoms with van der Waals surface area (Å²) < 4.78 is 24.9. The zero-order chi connectivity index (χ0) is 18.1. The first-order chi connectivity index (χ1) is 11.1. The van der Waals surface area contributed by atoms with Gasteiger partial charge in [0.25, 0.3) is 0 Å². The molecular formula is C15H22N4O3S2. The van der Waals surface area contributed by atoms with Crippen LogP contribution >= 0.6 is 11.8 Å². The van der Waals surface area contributed by atoms with Gasteiger partial charge in [-0.2, -0.15) is 0 Å². The van der Waals surface area contributed by atoms with Crippen LogP contribution < -0.4 is 10.5 Å². The number of nitrogens with one attached hydrogen (secondary N) is 1. The van der Waals surface area contributed by atoms with Crippen molar-refractivity contribution in [1.29, 1.82) is 0 Å². The Morgan fingerprint density at radius 1 is 1.38 bits per heavy atom. The lowest BCUT2D eigenvalue weighted by Gasteiger charge is -2.14. The predicted molar refractivity (Wildman–Crippen MR) is 95.4 cm³/mol. The molecule has 0 radical (unpaired) electrons. The van der Waals surface area contributed by atoms with E-state index >= 15 is 0 Å². The fourth-order valence-electron chi connectivity index (χ4n) is 2.27. The molecule has 0 spiro atoms.